The van der Waals surface area contributed by atoms with Crippen LogP contribution in [0.4, 0.5) is 16.0 Å². The van der Waals surface area contributed by atoms with Gasteiger partial charge in [-0.1, -0.05) is 0 Å². The summed E-state index contributed by atoms with van der Waals surface area (Å²) in [6, 6.07) is 7.53. The molecule has 0 atom stereocenters. The molecule has 0 radical (unpaired) electrons. The highest BCUT2D eigenvalue weighted by Crippen LogP contribution is 2.22. The van der Waals surface area contributed by atoms with E-state index in [-0.39, 0.29) is 17.4 Å². The third-order valence-electron chi connectivity index (χ3n) is 2.90. The van der Waals surface area contributed by atoms with Crippen LogP contribution in [0.5, 0.6) is 0 Å². The first-order valence-electron chi connectivity index (χ1n) is 6.37. The van der Waals surface area contributed by atoms with Crippen LogP contribution in [0.3, 0.4) is 0 Å². The molecular weight excluding hydrogens is 259 g/mol. The number of carbonyl (C=O) groups is 1. The van der Waals surface area contributed by atoms with Crippen molar-refractivity contribution in [3.8, 4) is 0 Å². The molecule has 6 heteroatoms. The first-order valence-corrected chi connectivity index (χ1v) is 6.37. The molecule has 0 aliphatic heterocycles. The van der Waals surface area contributed by atoms with Crippen molar-refractivity contribution in [2.45, 2.75) is 18.9 Å². The molecule has 1 fully saturated rings. The molecule has 0 saturated heterocycles. The van der Waals surface area contributed by atoms with E-state index in [1.807, 2.05) is 0 Å². The van der Waals surface area contributed by atoms with Gasteiger partial charge in [-0.05, 0) is 43.2 Å². The molecule has 0 unspecified atom stereocenters. The van der Waals surface area contributed by atoms with Crippen molar-refractivity contribution in [2.75, 3.05) is 10.6 Å². The number of hydrogen-bond acceptors (Lipinski definition) is 4. The Morgan fingerprint density at radius 1 is 1.20 bits per heavy atom. The van der Waals surface area contributed by atoms with E-state index in [0.717, 1.165) is 12.8 Å². The maximum atomic E-state index is 12.8. The first kappa shape index (κ1) is 12.5. The molecule has 102 valence electrons. The zero-order valence-electron chi connectivity index (χ0n) is 10.6. The van der Waals surface area contributed by atoms with Crippen molar-refractivity contribution in [1.29, 1.82) is 0 Å². The summed E-state index contributed by atoms with van der Waals surface area (Å²) in [5.74, 6) is -0.238. The molecule has 5 nitrogen and oxygen atoms in total. The van der Waals surface area contributed by atoms with Gasteiger partial charge < -0.3 is 10.6 Å². The Kier molecular flexibility index (Phi) is 3.28. The lowest BCUT2D eigenvalue weighted by molar-refractivity contribution is 0.102. The summed E-state index contributed by atoms with van der Waals surface area (Å²) >= 11 is 0. The summed E-state index contributed by atoms with van der Waals surface area (Å²) in [5.41, 5.74) is 0.791. The largest absolute Gasteiger partial charge is 0.351 e. The standard InChI is InChI=1S/C14H13FN4O/c15-9-1-3-10(4-2-9)17-13(20)12-7-8-16-14(19-12)18-11-5-6-11/h1-4,7-8,11H,5-6H2,(H,17,20)(H,16,18,19). The lowest BCUT2D eigenvalue weighted by atomic mass is 10.3. The summed E-state index contributed by atoms with van der Waals surface area (Å²) in [5, 5.41) is 5.79. The van der Waals surface area contributed by atoms with E-state index in [2.05, 4.69) is 20.6 Å². The van der Waals surface area contributed by atoms with Gasteiger partial charge in [0.25, 0.3) is 5.91 Å². The maximum Gasteiger partial charge on any atom is 0.274 e. The Labute approximate surface area is 115 Å². The van der Waals surface area contributed by atoms with Crippen molar-refractivity contribution in [1.82, 2.24) is 9.97 Å². The van der Waals surface area contributed by atoms with Crippen LogP contribution in [-0.2, 0) is 0 Å². The van der Waals surface area contributed by atoms with Gasteiger partial charge in [0.15, 0.2) is 0 Å². The molecule has 1 aliphatic rings. The summed E-state index contributed by atoms with van der Waals surface area (Å²) in [4.78, 5) is 20.3. The minimum atomic E-state index is -0.349. The fraction of sp³-hybridized carbons (Fsp3) is 0.214. The molecule has 0 spiro atoms. The van der Waals surface area contributed by atoms with E-state index in [4.69, 9.17) is 0 Å². The Bertz CT molecular complexity index is 625. The highest BCUT2D eigenvalue weighted by molar-refractivity contribution is 6.02. The van der Waals surface area contributed by atoms with Gasteiger partial charge in [-0.2, -0.15) is 0 Å². The van der Waals surface area contributed by atoms with E-state index in [1.165, 1.54) is 36.5 Å². The average Bonchev–Trinajstić information content (AvgIpc) is 3.25. The van der Waals surface area contributed by atoms with Crippen LogP contribution >= 0.6 is 0 Å². The van der Waals surface area contributed by atoms with Crippen LogP contribution in [0.15, 0.2) is 36.5 Å². The number of nitrogens with one attached hydrogen (secondary N) is 2. The molecule has 1 aliphatic carbocycles. The second kappa shape index (κ2) is 5.24. The molecule has 1 aromatic carbocycles. The van der Waals surface area contributed by atoms with Crippen molar-refractivity contribution < 1.29 is 9.18 Å². The van der Waals surface area contributed by atoms with E-state index in [9.17, 15) is 9.18 Å². The molecule has 2 N–H and O–H groups in total. The van der Waals surface area contributed by atoms with E-state index >= 15 is 0 Å². The second-order valence-corrected chi connectivity index (χ2v) is 4.65. The number of hydrogen-bond donors (Lipinski definition) is 2. The fourth-order valence-electron chi connectivity index (χ4n) is 1.69. The van der Waals surface area contributed by atoms with Crippen molar-refractivity contribution >= 4 is 17.5 Å². The van der Waals surface area contributed by atoms with Crippen molar-refractivity contribution in [3.63, 3.8) is 0 Å². The summed E-state index contributed by atoms with van der Waals surface area (Å²) in [6.07, 6.45) is 3.75. The Morgan fingerprint density at radius 2 is 1.95 bits per heavy atom. The van der Waals surface area contributed by atoms with Gasteiger partial charge in [-0.15, -0.1) is 0 Å². The SMILES string of the molecule is O=C(Nc1ccc(F)cc1)c1ccnc(NC2CC2)n1. The monoisotopic (exact) mass is 272 g/mol. The molecule has 1 saturated carbocycles. The number of amides is 1. The topological polar surface area (TPSA) is 66.9 Å². The quantitative estimate of drug-likeness (QED) is 0.897. The van der Waals surface area contributed by atoms with Gasteiger partial charge >= 0.3 is 0 Å². The van der Waals surface area contributed by atoms with Gasteiger partial charge in [0.2, 0.25) is 5.95 Å². The molecule has 1 aromatic heterocycles. The van der Waals surface area contributed by atoms with Crippen molar-refractivity contribution in [3.05, 3.63) is 48.0 Å². The van der Waals surface area contributed by atoms with Gasteiger partial charge in [0.05, 0.1) is 0 Å². The van der Waals surface area contributed by atoms with Crippen LogP contribution in [0, 0.1) is 5.82 Å². The molecule has 3 rings (SSSR count). The third kappa shape index (κ3) is 3.09. The number of benzene rings is 1. The highest BCUT2D eigenvalue weighted by Gasteiger charge is 2.22. The molecule has 1 amide bonds. The van der Waals surface area contributed by atoms with Crippen LogP contribution in [0.1, 0.15) is 23.3 Å². The van der Waals surface area contributed by atoms with Gasteiger partial charge in [0.1, 0.15) is 11.5 Å². The number of anilines is 2. The fourth-order valence-corrected chi connectivity index (χ4v) is 1.69. The van der Waals surface area contributed by atoms with Gasteiger partial charge in [-0.25, -0.2) is 14.4 Å². The number of nitrogens with zero attached hydrogens (tertiary/aromatic N) is 2. The maximum absolute atomic E-state index is 12.8. The van der Waals surface area contributed by atoms with Crippen molar-refractivity contribution in [2.24, 2.45) is 0 Å². The Morgan fingerprint density at radius 3 is 2.65 bits per heavy atom. The zero-order valence-corrected chi connectivity index (χ0v) is 10.6. The van der Waals surface area contributed by atoms with Gasteiger partial charge in [0, 0.05) is 17.9 Å². The summed E-state index contributed by atoms with van der Waals surface area (Å²) < 4.78 is 12.8. The second-order valence-electron chi connectivity index (χ2n) is 4.65. The summed E-state index contributed by atoms with van der Waals surface area (Å²) in [6.45, 7) is 0. The number of rotatable bonds is 4. The first-order chi connectivity index (χ1) is 9.70. The van der Waals surface area contributed by atoms with Crippen LogP contribution in [-0.4, -0.2) is 21.9 Å². The van der Waals surface area contributed by atoms with Crippen LogP contribution in [0.2, 0.25) is 0 Å². The molecule has 2 aromatic rings. The minimum Gasteiger partial charge on any atom is -0.351 e. The highest BCUT2D eigenvalue weighted by atomic mass is 19.1. The normalized spacial score (nSPS) is 13.8. The predicted molar refractivity (Wildman–Crippen MR) is 73.0 cm³/mol. The van der Waals surface area contributed by atoms with Crippen LogP contribution in [0.25, 0.3) is 0 Å². The minimum absolute atomic E-state index is 0.271. The molecule has 20 heavy (non-hydrogen) atoms. The average molecular weight is 272 g/mol. The molecule has 0 bridgehead atoms. The lowest BCUT2D eigenvalue weighted by Gasteiger charge is -2.06. The Balaban J connectivity index is 1.71. The molecule has 1 heterocycles. The van der Waals surface area contributed by atoms with E-state index in [0.29, 0.717) is 17.7 Å². The lowest BCUT2D eigenvalue weighted by Crippen LogP contribution is -2.15. The zero-order chi connectivity index (χ0) is 13.9. The number of carbonyl (C=O) groups excluding carboxylic acids is 1. The van der Waals surface area contributed by atoms with E-state index in [1.54, 1.807) is 0 Å². The number of aromatic nitrogens is 2. The summed E-state index contributed by atoms with van der Waals surface area (Å²) in [7, 11) is 0. The van der Waals surface area contributed by atoms with Gasteiger partial charge in [-0.3, -0.25) is 4.79 Å². The predicted octanol–water partition coefficient (Wildman–Crippen LogP) is 2.44. The smallest absolute Gasteiger partial charge is 0.274 e. The number of halogens is 1. The molecular formula is C14H13FN4O. The van der Waals surface area contributed by atoms with E-state index < -0.39 is 0 Å². The van der Waals surface area contributed by atoms with Crippen LogP contribution < -0.4 is 10.6 Å². The third-order valence-corrected chi connectivity index (χ3v) is 2.90. The Hall–Kier alpha value is -2.50.